The quantitative estimate of drug-likeness (QED) is 0.798. The molecule has 0 atom stereocenters. The molecular weight excluding hydrogens is 217 g/mol. The molecule has 1 aliphatic heterocycles. The summed E-state index contributed by atoms with van der Waals surface area (Å²) in [6, 6.07) is 6.22. The van der Waals surface area contributed by atoms with Crippen LogP contribution in [0.15, 0.2) is 24.3 Å². The van der Waals surface area contributed by atoms with Gasteiger partial charge in [0, 0.05) is 6.54 Å². The summed E-state index contributed by atoms with van der Waals surface area (Å²) >= 11 is 0. The Morgan fingerprint density at radius 2 is 1.65 bits per heavy atom. The molecule has 0 spiro atoms. The summed E-state index contributed by atoms with van der Waals surface area (Å²) in [5.41, 5.74) is 0. The number of nitrogens with zero attached hydrogens (tertiary/aromatic N) is 1. The highest BCUT2D eigenvalue weighted by atomic mass is 19.1. The predicted molar refractivity (Wildman–Crippen MR) is 66.8 cm³/mol. The zero-order valence-electron chi connectivity index (χ0n) is 10.2. The second-order valence-corrected chi connectivity index (χ2v) is 4.56. The summed E-state index contributed by atoms with van der Waals surface area (Å²) in [6.45, 7) is 4.03. The number of likely N-dealkylation sites (tertiary alicyclic amines) is 1. The molecule has 3 heteroatoms. The Bertz CT molecular complexity index is 317. The second kappa shape index (κ2) is 6.60. The first kappa shape index (κ1) is 12.4. The summed E-state index contributed by atoms with van der Waals surface area (Å²) in [5, 5.41) is 0. The zero-order valence-corrected chi connectivity index (χ0v) is 10.2. The largest absolute Gasteiger partial charge is 0.492 e. The van der Waals surface area contributed by atoms with E-state index in [4.69, 9.17) is 4.74 Å². The van der Waals surface area contributed by atoms with Crippen LogP contribution in [0, 0.1) is 5.82 Å². The van der Waals surface area contributed by atoms with Gasteiger partial charge >= 0.3 is 0 Å². The maximum Gasteiger partial charge on any atom is 0.123 e. The molecule has 2 rings (SSSR count). The fourth-order valence-electron chi connectivity index (χ4n) is 2.18. The number of benzene rings is 1. The van der Waals surface area contributed by atoms with Gasteiger partial charge in [-0.1, -0.05) is 12.8 Å². The van der Waals surface area contributed by atoms with Crippen LogP contribution in [0.5, 0.6) is 5.75 Å². The molecule has 1 fully saturated rings. The van der Waals surface area contributed by atoms with E-state index in [0.29, 0.717) is 6.61 Å². The average Bonchev–Trinajstić information content (AvgIpc) is 2.60. The van der Waals surface area contributed by atoms with Gasteiger partial charge in [0.1, 0.15) is 18.2 Å². The zero-order chi connectivity index (χ0) is 11.9. The third-order valence-corrected chi connectivity index (χ3v) is 3.19. The third kappa shape index (κ3) is 4.35. The Balaban J connectivity index is 1.69. The van der Waals surface area contributed by atoms with Crippen molar-refractivity contribution in [2.24, 2.45) is 0 Å². The van der Waals surface area contributed by atoms with Gasteiger partial charge in [-0.15, -0.1) is 0 Å². The fourth-order valence-corrected chi connectivity index (χ4v) is 2.18. The summed E-state index contributed by atoms with van der Waals surface area (Å²) in [7, 11) is 0. The summed E-state index contributed by atoms with van der Waals surface area (Å²) in [5.74, 6) is 0.533. The van der Waals surface area contributed by atoms with E-state index in [1.165, 1.54) is 50.9 Å². The maximum atomic E-state index is 12.7. The van der Waals surface area contributed by atoms with Crippen molar-refractivity contribution in [3.05, 3.63) is 30.1 Å². The van der Waals surface area contributed by atoms with Gasteiger partial charge in [0.25, 0.3) is 0 Å². The normalized spacial score (nSPS) is 17.7. The first-order chi connectivity index (χ1) is 8.34. The number of rotatable bonds is 4. The van der Waals surface area contributed by atoms with Gasteiger partial charge in [0.2, 0.25) is 0 Å². The van der Waals surface area contributed by atoms with Gasteiger partial charge in [-0.05, 0) is 50.2 Å². The molecule has 0 unspecified atom stereocenters. The van der Waals surface area contributed by atoms with Gasteiger partial charge in [-0.3, -0.25) is 4.90 Å². The highest BCUT2D eigenvalue weighted by Crippen LogP contribution is 2.12. The minimum atomic E-state index is -0.218. The van der Waals surface area contributed by atoms with E-state index in [2.05, 4.69) is 4.90 Å². The lowest BCUT2D eigenvalue weighted by molar-refractivity contribution is 0.214. The second-order valence-electron chi connectivity index (χ2n) is 4.56. The minimum Gasteiger partial charge on any atom is -0.492 e. The standard InChI is InChI=1S/C14H20FNO/c15-13-5-7-14(8-6-13)17-12-11-16-9-3-1-2-4-10-16/h5-8H,1-4,9-12H2. The summed E-state index contributed by atoms with van der Waals surface area (Å²) in [4.78, 5) is 2.45. The lowest BCUT2D eigenvalue weighted by atomic mass is 10.2. The molecule has 0 saturated carbocycles. The van der Waals surface area contributed by atoms with E-state index < -0.39 is 0 Å². The van der Waals surface area contributed by atoms with Crippen molar-refractivity contribution in [3.63, 3.8) is 0 Å². The van der Waals surface area contributed by atoms with Crippen molar-refractivity contribution in [3.8, 4) is 5.75 Å². The van der Waals surface area contributed by atoms with E-state index in [1.807, 2.05) is 0 Å². The number of halogens is 1. The maximum absolute atomic E-state index is 12.7. The van der Waals surface area contributed by atoms with Crippen LogP contribution in [0.2, 0.25) is 0 Å². The average molecular weight is 237 g/mol. The Morgan fingerprint density at radius 1 is 1.00 bits per heavy atom. The molecule has 0 aliphatic carbocycles. The molecular formula is C14H20FNO. The molecule has 0 amide bonds. The lowest BCUT2D eigenvalue weighted by Crippen LogP contribution is -2.29. The molecule has 94 valence electrons. The van der Waals surface area contributed by atoms with Gasteiger partial charge in [0.05, 0.1) is 0 Å². The molecule has 0 bridgehead atoms. The van der Waals surface area contributed by atoms with Gasteiger partial charge in [0.15, 0.2) is 0 Å². The molecule has 1 aromatic carbocycles. The number of hydrogen-bond acceptors (Lipinski definition) is 2. The fraction of sp³-hybridized carbons (Fsp3) is 0.571. The molecule has 1 heterocycles. The minimum absolute atomic E-state index is 0.218. The van der Waals surface area contributed by atoms with Crippen LogP contribution in [0.1, 0.15) is 25.7 Å². The van der Waals surface area contributed by atoms with Crippen molar-refractivity contribution >= 4 is 0 Å². The smallest absolute Gasteiger partial charge is 0.123 e. The van der Waals surface area contributed by atoms with Crippen LogP contribution < -0.4 is 4.74 Å². The summed E-state index contributed by atoms with van der Waals surface area (Å²) in [6.07, 6.45) is 5.32. The van der Waals surface area contributed by atoms with Crippen LogP contribution in [-0.4, -0.2) is 31.1 Å². The lowest BCUT2D eigenvalue weighted by Gasteiger charge is -2.19. The monoisotopic (exact) mass is 237 g/mol. The Kier molecular flexibility index (Phi) is 4.80. The van der Waals surface area contributed by atoms with E-state index >= 15 is 0 Å². The number of hydrogen-bond donors (Lipinski definition) is 0. The van der Waals surface area contributed by atoms with Crippen molar-refractivity contribution in [2.45, 2.75) is 25.7 Å². The SMILES string of the molecule is Fc1ccc(OCCN2CCCCCC2)cc1. The van der Waals surface area contributed by atoms with Crippen LogP contribution in [0.3, 0.4) is 0 Å². The van der Waals surface area contributed by atoms with Crippen molar-refractivity contribution < 1.29 is 9.13 Å². The van der Waals surface area contributed by atoms with Crippen molar-refractivity contribution in [1.82, 2.24) is 4.90 Å². The Labute approximate surface area is 102 Å². The molecule has 17 heavy (non-hydrogen) atoms. The van der Waals surface area contributed by atoms with Gasteiger partial charge < -0.3 is 4.74 Å². The van der Waals surface area contributed by atoms with E-state index in [9.17, 15) is 4.39 Å². The molecule has 0 aromatic heterocycles. The van der Waals surface area contributed by atoms with Crippen LogP contribution in [-0.2, 0) is 0 Å². The highest BCUT2D eigenvalue weighted by molar-refractivity contribution is 5.21. The molecule has 1 aromatic rings. The van der Waals surface area contributed by atoms with E-state index in [1.54, 1.807) is 12.1 Å². The van der Waals surface area contributed by atoms with E-state index in [0.717, 1.165) is 12.3 Å². The van der Waals surface area contributed by atoms with Crippen LogP contribution in [0.25, 0.3) is 0 Å². The summed E-state index contributed by atoms with van der Waals surface area (Å²) < 4.78 is 18.3. The molecule has 0 N–H and O–H groups in total. The molecule has 2 nitrogen and oxygen atoms in total. The number of ether oxygens (including phenoxy) is 1. The third-order valence-electron chi connectivity index (χ3n) is 3.19. The molecule has 0 radical (unpaired) electrons. The highest BCUT2D eigenvalue weighted by Gasteiger charge is 2.08. The van der Waals surface area contributed by atoms with Crippen LogP contribution in [0.4, 0.5) is 4.39 Å². The Hall–Kier alpha value is -1.09. The van der Waals surface area contributed by atoms with Gasteiger partial charge in [-0.25, -0.2) is 4.39 Å². The molecule has 1 saturated heterocycles. The van der Waals surface area contributed by atoms with Gasteiger partial charge in [-0.2, -0.15) is 0 Å². The first-order valence-corrected chi connectivity index (χ1v) is 6.45. The van der Waals surface area contributed by atoms with Crippen LogP contribution >= 0.6 is 0 Å². The predicted octanol–water partition coefficient (Wildman–Crippen LogP) is 3.08. The molecule has 1 aliphatic rings. The van der Waals surface area contributed by atoms with Crippen molar-refractivity contribution in [2.75, 3.05) is 26.2 Å². The topological polar surface area (TPSA) is 12.5 Å². The first-order valence-electron chi connectivity index (χ1n) is 6.45. The Morgan fingerprint density at radius 3 is 2.29 bits per heavy atom. The van der Waals surface area contributed by atoms with Crippen molar-refractivity contribution in [1.29, 1.82) is 0 Å². The van der Waals surface area contributed by atoms with E-state index in [-0.39, 0.29) is 5.82 Å².